The molecular formula is C30H47N3O5. The monoisotopic (exact) mass is 529 g/mol. The summed E-state index contributed by atoms with van der Waals surface area (Å²) < 4.78 is 0. The van der Waals surface area contributed by atoms with Gasteiger partial charge in [-0.05, 0) is 65.5 Å². The number of hydrogen-bond acceptors (Lipinski definition) is 6. The zero-order chi connectivity index (χ0) is 28.5. The van der Waals surface area contributed by atoms with Crippen LogP contribution in [0.25, 0.3) is 0 Å². The van der Waals surface area contributed by atoms with Gasteiger partial charge in [-0.1, -0.05) is 60.7 Å². The highest BCUT2D eigenvalue weighted by molar-refractivity contribution is 5.66. The van der Waals surface area contributed by atoms with Crippen molar-refractivity contribution in [1.29, 1.82) is 0 Å². The molecule has 0 bridgehead atoms. The van der Waals surface area contributed by atoms with E-state index in [1.165, 1.54) is 4.90 Å². The Kier molecular flexibility index (Phi) is 11.7. The van der Waals surface area contributed by atoms with Crippen molar-refractivity contribution in [3.8, 4) is 0 Å². The quantitative estimate of drug-likeness (QED) is 0.222. The van der Waals surface area contributed by atoms with Gasteiger partial charge in [-0.15, -0.1) is 0 Å². The zero-order valence-corrected chi connectivity index (χ0v) is 23.6. The van der Waals surface area contributed by atoms with Crippen LogP contribution in [0.15, 0.2) is 60.7 Å². The average Bonchev–Trinajstić information content (AvgIpc) is 2.83. The summed E-state index contributed by atoms with van der Waals surface area (Å²) in [6.07, 6.45) is -2.66. The molecule has 0 fully saturated rings. The van der Waals surface area contributed by atoms with E-state index < -0.39 is 41.5 Å². The summed E-state index contributed by atoms with van der Waals surface area (Å²) in [6.45, 7) is 11.2. The molecule has 2 aromatic carbocycles. The Hall–Kier alpha value is -2.49. The second-order valence-electron chi connectivity index (χ2n) is 11.7. The lowest BCUT2D eigenvalue weighted by Crippen LogP contribution is -2.59. The Bertz CT molecular complexity index is 963. The maximum absolute atomic E-state index is 12.2. The van der Waals surface area contributed by atoms with Crippen LogP contribution in [-0.2, 0) is 12.8 Å². The summed E-state index contributed by atoms with van der Waals surface area (Å²) in [5, 5.41) is 49.1. The smallest absolute Gasteiger partial charge is 0.408 e. The Balaban J connectivity index is 2.14. The second kappa shape index (κ2) is 14.1. The van der Waals surface area contributed by atoms with Crippen LogP contribution in [0.2, 0.25) is 0 Å². The molecule has 0 radical (unpaired) electrons. The van der Waals surface area contributed by atoms with Gasteiger partial charge in [-0.2, -0.15) is 0 Å². The van der Waals surface area contributed by atoms with Crippen molar-refractivity contribution in [3.63, 3.8) is 0 Å². The number of nitrogens with zero attached hydrogens (tertiary/aromatic N) is 1. The largest absolute Gasteiger partial charge is 0.465 e. The van der Waals surface area contributed by atoms with Crippen LogP contribution in [0.3, 0.4) is 0 Å². The summed E-state index contributed by atoms with van der Waals surface area (Å²) in [5.74, 6) is 0. The molecule has 0 saturated heterocycles. The molecule has 0 aliphatic rings. The predicted molar refractivity (Wildman–Crippen MR) is 151 cm³/mol. The van der Waals surface area contributed by atoms with E-state index in [-0.39, 0.29) is 19.1 Å². The first-order valence-electron chi connectivity index (χ1n) is 13.3. The fourth-order valence-electron chi connectivity index (χ4n) is 4.59. The molecule has 0 aliphatic carbocycles. The van der Waals surface area contributed by atoms with Crippen LogP contribution in [0.5, 0.6) is 0 Å². The lowest BCUT2D eigenvalue weighted by molar-refractivity contribution is 0.00562. The lowest BCUT2D eigenvalue weighted by atomic mass is 9.93. The molecule has 8 nitrogen and oxygen atoms in total. The second-order valence-corrected chi connectivity index (χ2v) is 11.7. The fraction of sp³-hybridized carbons (Fsp3) is 0.567. The van der Waals surface area contributed by atoms with E-state index >= 15 is 0 Å². The lowest BCUT2D eigenvalue weighted by Gasteiger charge is -2.42. The molecular weight excluding hydrogens is 482 g/mol. The third-order valence-electron chi connectivity index (χ3n) is 7.06. The van der Waals surface area contributed by atoms with E-state index in [2.05, 4.69) is 10.6 Å². The molecule has 38 heavy (non-hydrogen) atoms. The molecule has 1 amide bonds. The molecule has 5 atom stereocenters. The van der Waals surface area contributed by atoms with E-state index in [1.54, 1.807) is 6.92 Å². The number of rotatable bonds is 14. The highest BCUT2D eigenvalue weighted by Gasteiger charge is 2.37. The van der Waals surface area contributed by atoms with Crippen molar-refractivity contribution in [2.45, 2.75) is 95.9 Å². The van der Waals surface area contributed by atoms with Crippen LogP contribution in [0.4, 0.5) is 4.79 Å². The van der Waals surface area contributed by atoms with Gasteiger partial charge in [0.1, 0.15) is 0 Å². The van der Waals surface area contributed by atoms with E-state index in [4.69, 9.17) is 0 Å². The van der Waals surface area contributed by atoms with E-state index in [9.17, 15) is 25.2 Å². The van der Waals surface area contributed by atoms with E-state index in [1.807, 2.05) is 95.3 Å². The summed E-state index contributed by atoms with van der Waals surface area (Å²) in [5.41, 5.74) is 0.633. The van der Waals surface area contributed by atoms with Gasteiger partial charge < -0.3 is 31.1 Å². The molecule has 2 rings (SSSR count). The van der Waals surface area contributed by atoms with Gasteiger partial charge >= 0.3 is 6.09 Å². The first-order valence-corrected chi connectivity index (χ1v) is 13.3. The standard InChI is InChI=1S/C30H47N3O5/c1-21(34)30(5,6)32-24(17-22-13-9-7-10-14-22)26(35)19-31-20-27(36)25(18-23-15-11-8-12-16-23)33(28(37)38)29(2,3)4/h7-16,21,24-27,31-32,34-36H,17-20H2,1-6H3,(H,37,38)/t21-,24+,25+,26-,27-/m1/s1. The van der Waals surface area contributed by atoms with Crippen molar-refractivity contribution in [2.24, 2.45) is 0 Å². The molecule has 6 N–H and O–H groups in total. The summed E-state index contributed by atoms with van der Waals surface area (Å²) in [4.78, 5) is 13.6. The molecule has 2 aromatic rings. The van der Waals surface area contributed by atoms with Crippen LogP contribution in [-0.4, -0.2) is 86.0 Å². The SMILES string of the molecule is C[C@@H](O)C(C)(C)N[C@@H](Cc1ccccc1)[C@H](O)CNC[C@@H](O)[C@H](Cc1ccccc1)N(C(=O)O)C(C)(C)C. The first kappa shape index (κ1) is 31.7. The summed E-state index contributed by atoms with van der Waals surface area (Å²) >= 11 is 0. The topological polar surface area (TPSA) is 125 Å². The number of benzene rings is 2. The molecule has 0 saturated carbocycles. The normalized spacial score (nSPS) is 16.3. The van der Waals surface area contributed by atoms with Crippen molar-refractivity contribution >= 4 is 6.09 Å². The molecule has 0 heterocycles. The zero-order valence-electron chi connectivity index (χ0n) is 23.6. The molecule has 0 spiro atoms. The van der Waals surface area contributed by atoms with Gasteiger partial charge in [0.15, 0.2) is 0 Å². The number of carbonyl (C=O) groups is 1. The van der Waals surface area contributed by atoms with E-state index in [0.717, 1.165) is 11.1 Å². The summed E-state index contributed by atoms with van der Waals surface area (Å²) in [6, 6.07) is 18.3. The minimum absolute atomic E-state index is 0.103. The van der Waals surface area contributed by atoms with Gasteiger partial charge in [-0.3, -0.25) is 4.90 Å². The molecule has 0 aromatic heterocycles. The van der Waals surface area contributed by atoms with Gasteiger partial charge in [-0.25, -0.2) is 4.79 Å². The van der Waals surface area contributed by atoms with Crippen LogP contribution in [0.1, 0.15) is 52.7 Å². The Labute approximate surface area is 227 Å². The number of amides is 1. The van der Waals surface area contributed by atoms with Crippen molar-refractivity contribution in [2.75, 3.05) is 13.1 Å². The minimum atomic E-state index is -1.09. The maximum Gasteiger partial charge on any atom is 0.408 e. The number of hydrogen-bond donors (Lipinski definition) is 6. The third kappa shape index (κ3) is 9.67. The van der Waals surface area contributed by atoms with Crippen LogP contribution in [0, 0.1) is 0 Å². The summed E-state index contributed by atoms with van der Waals surface area (Å²) in [7, 11) is 0. The fourth-order valence-corrected chi connectivity index (χ4v) is 4.59. The van der Waals surface area contributed by atoms with Gasteiger partial charge in [0.2, 0.25) is 0 Å². The van der Waals surface area contributed by atoms with Crippen molar-refractivity contribution in [3.05, 3.63) is 71.8 Å². The average molecular weight is 530 g/mol. The highest BCUT2D eigenvalue weighted by Crippen LogP contribution is 2.23. The number of aliphatic hydroxyl groups excluding tert-OH is 3. The first-order chi connectivity index (χ1) is 17.7. The maximum atomic E-state index is 12.2. The van der Waals surface area contributed by atoms with Crippen molar-refractivity contribution < 1.29 is 25.2 Å². The molecule has 212 valence electrons. The van der Waals surface area contributed by atoms with E-state index in [0.29, 0.717) is 12.8 Å². The Morgan fingerprint density at radius 1 is 0.816 bits per heavy atom. The predicted octanol–water partition coefficient (Wildman–Crippen LogP) is 3.05. The number of aliphatic hydroxyl groups is 3. The van der Waals surface area contributed by atoms with Gasteiger partial charge in [0, 0.05) is 30.2 Å². The molecule has 0 unspecified atom stereocenters. The number of nitrogens with one attached hydrogen (secondary N) is 2. The van der Waals surface area contributed by atoms with Crippen LogP contribution < -0.4 is 10.6 Å². The van der Waals surface area contributed by atoms with Crippen LogP contribution >= 0.6 is 0 Å². The Morgan fingerprint density at radius 3 is 1.74 bits per heavy atom. The highest BCUT2D eigenvalue weighted by atomic mass is 16.4. The Morgan fingerprint density at radius 2 is 1.29 bits per heavy atom. The molecule has 0 aliphatic heterocycles. The minimum Gasteiger partial charge on any atom is -0.465 e. The van der Waals surface area contributed by atoms with Crippen molar-refractivity contribution in [1.82, 2.24) is 15.5 Å². The number of carboxylic acid groups (broad SMARTS) is 1. The van der Waals surface area contributed by atoms with Gasteiger partial charge in [0.05, 0.1) is 24.4 Å². The molecule has 8 heteroatoms. The third-order valence-corrected chi connectivity index (χ3v) is 7.06. The van der Waals surface area contributed by atoms with Gasteiger partial charge in [0.25, 0.3) is 0 Å².